The third kappa shape index (κ3) is 35.3. The van der Waals surface area contributed by atoms with Gasteiger partial charge in [0.2, 0.25) is 5.91 Å². The van der Waals surface area contributed by atoms with E-state index in [1.54, 1.807) is 11.8 Å². The van der Waals surface area contributed by atoms with Crippen LogP contribution in [0.5, 0.6) is 0 Å². The van der Waals surface area contributed by atoms with Crippen LogP contribution in [0, 0.1) is 11.8 Å². The largest absolute Gasteiger partial charge is 0.465 e. The van der Waals surface area contributed by atoms with Crippen LogP contribution in [-0.4, -0.2) is 84.0 Å². The number of unbranched alkanes of at least 4 members (excludes halogenated alkanes) is 18. The van der Waals surface area contributed by atoms with E-state index in [-0.39, 0.29) is 24.4 Å². The molecule has 0 radical (unpaired) electrons. The molecule has 3 unspecified atom stereocenters. The summed E-state index contributed by atoms with van der Waals surface area (Å²) in [6, 6.07) is 0. The third-order valence-electron chi connectivity index (χ3n) is 10.7. The van der Waals surface area contributed by atoms with Crippen molar-refractivity contribution < 1.29 is 24.5 Å². The Labute approximate surface area is 333 Å². The normalized spacial score (nSPS) is 13.3. The fourth-order valence-electron chi connectivity index (χ4n) is 7.26. The van der Waals surface area contributed by atoms with Gasteiger partial charge in [-0.05, 0) is 51.0 Å². The number of esters is 1. The van der Waals surface area contributed by atoms with E-state index >= 15 is 0 Å². The number of carbonyl (C=O) groups excluding carboxylic acids is 2. The van der Waals surface area contributed by atoms with Gasteiger partial charge in [0.1, 0.15) is 6.61 Å². The van der Waals surface area contributed by atoms with Crippen LogP contribution in [0.1, 0.15) is 207 Å². The number of ether oxygens (including phenoxy) is 1. The smallest absolute Gasteiger partial charge is 0.308 e. The highest BCUT2D eigenvalue weighted by molar-refractivity contribution is 7.99. The summed E-state index contributed by atoms with van der Waals surface area (Å²) >= 11 is 1.62. The average molecular weight is 771 g/mol. The van der Waals surface area contributed by atoms with Gasteiger partial charge in [-0.25, -0.2) is 0 Å². The number of thioether (sulfide) groups is 1. The van der Waals surface area contributed by atoms with Gasteiger partial charge < -0.3 is 20.3 Å². The Morgan fingerprint density at radius 1 is 0.642 bits per heavy atom. The second kappa shape index (κ2) is 40.8. The Balaban J connectivity index is 4.33. The number of rotatable bonds is 42. The summed E-state index contributed by atoms with van der Waals surface area (Å²) in [6.07, 6.45) is 32.4. The second-order valence-corrected chi connectivity index (χ2v) is 17.1. The van der Waals surface area contributed by atoms with E-state index in [1.807, 2.05) is 0 Å². The maximum Gasteiger partial charge on any atom is 0.308 e. The molecule has 0 aliphatic rings. The molecule has 0 aromatic rings. The fraction of sp³-hybridized carbons (Fsp3) is 0.956. The molecule has 0 saturated carbocycles. The third-order valence-corrected chi connectivity index (χ3v) is 11.8. The Morgan fingerprint density at radius 2 is 1.13 bits per heavy atom. The Morgan fingerprint density at radius 3 is 1.68 bits per heavy atom. The molecule has 8 heteroatoms. The van der Waals surface area contributed by atoms with Crippen molar-refractivity contribution in [1.82, 2.24) is 10.2 Å². The molecule has 3 N–H and O–H groups in total. The van der Waals surface area contributed by atoms with Gasteiger partial charge >= 0.3 is 5.97 Å². The van der Waals surface area contributed by atoms with E-state index < -0.39 is 6.10 Å². The molecule has 0 saturated heterocycles. The van der Waals surface area contributed by atoms with E-state index in [9.17, 15) is 19.8 Å². The summed E-state index contributed by atoms with van der Waals surface area (Å²) in [4.78, 5) is 27.7. The minimum absolute atomic E-state index is 0.0206. The van der Waals surface area contributed by atoms with Gasteiger partial charge in [-0.2, -0.15) is 11.8 Å². The molecular formula is C45H90N2O5S. The van der Waals surface area contributed by atoms with Crippen LogP contribution in [0.25, 0.3) is 0 Å². The maximum atomic E-state index is 12.9. The molecule has 0 aliphatic heterocycles. The van der Waals surface area contributed by atoms with Crippen LogP contribution in [0.15, 0.2) is 0 Å². The highest BCUT2D eigenvalue weighted by Gasteiger charge is 2.20. The van der Waals surface area contributed by atoms with Crippen molar-refractivity contribution in [3.63, 3.8) is 0 Å². The summed E-state index contributed by atoms with van der Waals surface area (Å²) in [5.74, 6) is 2.03. The number of aliphatic hydroxyl groups excluding tert-OH is 2. The SMILES string of the molecule is CCCCCCCCC(CCCCCC)CNC(=O)CCCCCN(CCO)CC(O)CSCCOC(=O)C(CCCCCC)CCCCCCCC. The first-order chi connectivity index (χ1) is 25.9. The highest BCUT2D eigenvalue weighted by atomic mass is 32.2. The molecule has 0 aromatic heterocycles. The van der Waals surface area contributed by atoms with Gasteiger partial charge in [0, 0.05) is 37.6 Å². The van der Waals surface area contributed by atoms with E-state index in [0.717, 1.165) is 58.0 Å². The molecule has 0 spiro atoms. The number of carbonyl (C=O) groups is 2. The summed E-state index contributed by atoms with van der Waals surface area (Å²) in [5.41, 5.74) is 0. The van der Waals surface area contributed by atoms with Crippen molar-refractivity contribution in [1.29, 1.82) is 0 Å². The molecule has 0 heterocycles. The van der Waals surface area contributed by atoms with Crippen molar-refractivity contribution in [3.8, 4) is 0 Å². The van der Waals surface area contributed by atoms with Gasteiger partial charge in [-0.3, -0.25) is 14.5 Å². The van der Waals surface area contributed by atoms with E-state index in [0.29, 0.717) is 43.5 Å². The molecule has 316 valence electrons. The number of hydrogen-bond donors (Lipinski definition) is 3. The average Bonchev–Trinajstić information content (AvgIpc) is 3.15. The van der Waals surface area contributed by atoms with Gasteiger partial charge in [0.25, 0.3) is 0 Å². The lowest BCUT2D eigenvalue weighted by atomic mass is 9.94. The molecule has 53 heavy (non-hydrogen) atoms. The van der Waals surface area contributed by atoms with E-state index in [4.69, 9.17) is 4.74 Å². The zero-order chi connectivity index (χ0) is 39.0. The standard InChI is InChI=1S/C45H90N2O5S/c1-5-9-13-17-19-23-29-41(28-22-15-11-7-3)38-46-44(50)32-26-21-27-33-47(34-35-48)39-43(49)40-53-37-36-52-45(51)42(30-24-16-12-8-4)31-25-20-18-14-10-6-2/h41-43,48-49H,5-40H2,1-4H3,(H,46,50). The minimum Gasteiger partial charge on any atom is -0.465 e. The van der Waals surface area contributed by atoms with Crippen LogP contribution in [0.3, 0.4) is 0 Å². The molecule has 0 fully saturated rings. The lowest BCUT2D eigenvalue weighted by Crippen LogP contribution is -2.36. The van der Waals surface area contributed by atoms with Crippen LogP contribution in [0.2, 0.25) is 0 Å². The Hall–Kier alpha value is -0.830. The van der Waals surface area contributed by atoms with E-state index in [1.165, 1.54) is 128 Å². The summed E-state index contributed by atoms with van der Waals surface area (Å²) in [6.45, 7) is 12.1. The van der Waals surface area contributed by atoms with Crippen molar-refractivity contribution in [2.75, 3.05) is 50.9 Å². The molecular weight excluding hydrogens is 681 g/mol. The predicted octanol–water partition coefficient (Wildman–Crippen LogP) is 11.3. The van der Waals surface area contributed by atoms with Crippen LogP contribution >= 0.6 is 11.8 Å². The number of hydrogen-bond acceptors (Lipinski definition) is 7. The molecule has 3 atom stereocenters. The maximum absolute atomic E-state index is 12.9. The highest BCUT2D eigenvalue weighted by Crippen LogP contribution is 2.21. The molecule has 0 rings (SSSR count). The van der Waals surface area contributed by atoms with E-state index in [2.05, 4.69) is 37.9 Å². The first kappa shape index (κ1) is 52.2. The lowest BCUT2D eigenvalue weighted by molar-refractivity contribution is -0.148. The van der Waals surface area contributed by atoms with Gasteiger partial charge in [-0.1, -0.05) is 163 Å². The van der Waals surface area contributed by atoms with Gasteiger partial charge in [0.15, 0.2) is 0 Å². The fourth-order valence-corrected chi connectivity index (χ4v) is 8.00. The summed E-state index contributed by atoms with van der Waals surface area (Å²) in [5, 5.41) is 23.6. The minimum atomic E-state index is -0.502. The molecule has 7 nitrogen and oxygen atoms in total. The van der Waals surface area contributed by atoms with Crippen molar-refractivity contribution in [3.05, 3.63) is 0 Å². The summed E-state index contributed by atoms with van der Waals surface area (Å²) in [7, 11) is 0. The first-order valence-electron chi connectivity index (χ1n) is 22.9. The van der Waals surface area contributed by atoms with Crippen molar-refractivity contribution >= 4 is 23.6 Å². The van der Waals surface area contributed by atoms with Crippen molar-refractivity contribution in [2.24, 2.45) is 11.8 Å². The number of nitrogens with zero attached hydrogens (tertiary/aromatic N) is 1. The van der Waals surface area contributed by atoms with Crippen LogP contribution < -0.4 is 5.32 Å². The molecule has 0 aromatic carbocycles. The second-order valence-electron chi connectivity index (χ2n) is 15.9. The zero-order valence-corrected chi connectivity index (χ0v) is 36.5. The Kier molecular flexibility index (Phi) is 40.2. The zero-order valence-electron chi connectivity index (χ0n) is 35.7. The van der Waals surface area contributed by atoms with Crippen LogP contribution in [0.4, 0.5) is 0 Å². The quantitative estimate of drug-likeness (QED) is 0.0420. The summed E-state index contributed by atoms with van der Waals surface area (Å²) < 4.78 is 5.72. The number of nitrogens with one attached hydrogen (secondary N) is 1. The van der Waals surface area contributed by atoms with Gasteiger partial charge in [0.05, 0.1) is 18.6 Å². The Bertz CT molecular complexity index is 788. The van der Waals surface area contributed by atoms with Gasteiger partial charge in [-0.15, -0.1) is 0 Å². The van der Waals surface area contributed by atoms with Crippen molar-refractivity contribution in [2.45, 2.75) is 214 Å². The lowest BCUT2D eigenvalue weighted by Gasteiger charge is -2.24. The predicted molar refractivity (Wildman–Crippen MR) is 230 cm³/mol. The monoisotopic (exact) mass is 771 g/mol. The molecule has 1 amide bonds. The topological polar surface area (TPSA) is 99.1 Å². The number of amides is 1. The number of aliphatic hydroxyl groups is 2. The molecule has 0 aliphatic carbocycles. The first-order valence-corrected chi connectivity index (χ1v) is 24.1. The van der Waals surface area contributed by atoms with Crippen LogP contribution in [-0.2, 0) is 14.3 Å². The molecule has 0 bridgehead atoms.